The summed E-state index contributed by atoms with van der Waals surface area (Å²) < 4.78 is 0. The maximum Gasteiger partial charge on any atom is 0.220 e. The van der Waals surface area contributed by atoms with Crippen molar-refractivity contribution in [3.8, 4) is 0 Å². The highest BCUT2D eigenvalue weighted by Crippen LogP contribution is 1.97. The van der Waals surface area contributed by atoms with E-state index in [1.165, 1.54) is 0 Å². The number of nitrogens with zero attached hydrogens (tertiary/aromatic N) is 1. The Bertz CT molecular complexity index is 126. The third kappa shape index (κ3) is 7.29. The molecule has 11 heavy (non-hydrogen) atoms. The lowest BCUT2D eigenvalue weighted by Gasteiger charge is -2.12. The van der Waals surface area contributed by atoms with Crippen LogP contribution in [-0.2, 0) is 4.79 Å². The maximum absolute atomic E-state index is 10.3. The number of carbonyl (C=O) groups is 1. The molecule has 0 aromatic heterocycles. The van der Waals surface area contributed by atoms with Crippen LogP contribution in [0.1, 0.15) is 12.8 Å². The lowest BCUT2D eigenvalue weighted by molar-refractivity contribution is -0.119. The lowest BCUT2D eigenvalue weighted by Crippen LogP contribution is -2.24. The summed E-state index contributed by atoms with van der Waals surface area (Å²) in [4.78, 5) is 12.3. The van der Waals surface area contributed by atoms with Gasteiger partial charge in [0.1, 0.15) is 0 Å². The maximum atomic E-state index is 10.3. The van der Waals surface area contributed by atoms with Gasteiger partial charge < -0.3 is 15.7 Å². The average Bonchev–Trinajstić information content (AvgIpc) is 1.82. The number of aliphatic hydroxyl groups excluding tert-OH is 1. The highest BCUT2D eigenvalue weighted by atomic mass is 16.3. The summed E-state index contributed by atoms with van der Waals surface area (Å²) in [6.07, 6.45) is 0.0685. The molecule has 0 heterocycles. The molecule has 4 heteroatoms. The van der Waals surface area contributed by atoms with Crippen molar-refractivity contribution in [2.75, 3.05) is 20.6 Å². The number of aliphatic hydroxyl groups is 1. The average molecular weight is 160 g/mol. The van der Waals surface area contributed by atoms with Crippen LogP contribution in [0.4, 0.5) is 0 Å². The molecule has 0 radical (unpaired) electrons. The molecule has 4 nitrogen and oxygen atoms in total. The van der Waals surface area contributed by atoms with Crippen molar-refractivity contribution in [1.29, 1.82) is 0 Å². The monoisotopic (exact) mass is 160 g/mol. The molecule has 1 unspecified atom stereocenters. The Morgan fingerprint density at radius 3 is 2.55 bits per heavy atom. The van der Waals surface area contributed by atoms with E-state index < -0.39 is 12.0 Å². The van der Waals surface area contributed by atoms with Gasteiger partial charge in [0.2, 0.25) is 5.91 Å². The van der Waals surface area contributed by atoms with Gasteiger partial charge in [0.25, 0.3) is 0 Å². The minimum atomic E-state index is -0.588. The van der Waals surface area contributed by atoms with Crippen LogP contribution in [0.25, 0.3) is 0 Å². The molecule has 1 atom stereocenters. The Hall–Kier alpha value is -0.610. The van der Waals surface area contributed by atoms with Crippen molar-refractivity contribution in [1.82, 2.24) is 4.90 Å². The van der Waals surface area contributed by atoms with Crippen molar-refractivity contribution in [2.45, 2.75) is 18.9 Å². The largest absolute Gasteiger partial charge is 0.393 e. The first-order valence-corrected chi connectivity index (χ1v) is 3.63. The molecule has 0 aliphatic carbocycles. The second-order valence-electron chi connectivity index (χ2n) is 2.92. The molecule has 0 aliphatic rings. The fourth-order valence-electron chi connectivity index (χ4n) is 0.742. The summed E-state index contributed by atoms with van der Waals surface area (Å²) >= 11 is 0. The quantitative estimate of drug-likeness (QED) is 0.552. The van der Waals surface area contributed by atoms with Crippen molar-refractivity contribution in [3.05, 3.63) is 0 Å². The molecule has 0 aromatic rings. The fourth-order valence-corrected chi connectivity index (χ4v) is 0.742. The summed E-state index contributed by atoms with van der Waals surface area (Å²) in [6, 6.07) is 0. The van der Waals surface area contributed by atoms with Crippen LogP contribution in [0.2, 0.25) is 0 Å². The van der Waals surface area contributed by atoms with Gasteiger partial charge in [0, 0.05) is 0 Å². The Balaban J connectivity index is 3.37. The minimum absolute atomic E-state index is 0.0633. The van der Waals surface area contributed by atoms with Crippen LogP contribution in [0.15, 0.2) is 0 Å². The molecule has 0 saturated heterocycles. The normalized spacial score (nSPS) is 13.5. The molecule has 0 bridgehead atoms. The predicted molar refractivity (Wildman–Crippen MR) is 43.0 cm³/mol. The zero-order valence-corrected chi connectivity index (χ0v) is 7.08. The first-order chi connectivity index (χ1) is 5.02. The predicted octanol–water partition coefficient (Wildman–Crippen LogP) is -0.826. The van der Waals surface area contributed by atoms with E-state index in [2.05, 4.69) is 0 Å². The summed E-state index contributed by atoms with van der Waals surface area (Å²) in [6.45, 7) is 0.772. The smallest absolute Gasteiger partial charge is 0.220 e. The summed E-state index contributed by atoms with van der Waals surface area (Å²) in [5.41, 5.74) is 4.89. The second-order valence-corrected chi connectivity index (χ2v) is 2.92. The third-order valence-electron chi connectivity index (χ3n) is 1.35. The number of primary amides is 1. The van der Waals surface area contributed by atoms with Gasteiger partial charge in [-0.1, -0.05) is 0 Å². The Morgan fingerprint density at radius 1 is 1.64 bits per heavy atom. The van der Waals surface area contributed by atoms with E-state index in [4.69, 9.17) is 10.8 Å². The number of rotatable bonds is 5. The van der Waals surface area contributed by atoms with Gasteiger partial charge in [0.05, 0.1) is 12.5 Å². The number of hydrogen-bond acceptors (Lipinski definition) is 3. The van der Waals surface area contributed by atoms with Crippen LogP contribution in [0.5, 0.6) is 0 Å². The number of amides is 1. The highest BCUT2D eigenvalue weighted by Gasteiger charge is 2.07. The van der Waals surface area contributed by atoms with Gasteiger partial charge in [-0.15, -0.1) is 0 Å². The molecule has 66 valence electrons. The Labute approximate surface area is 67.0 Å². The Kier molecular flexibility index (Phi) is 4.81. The van der Waals surface area contributed by atoms with Crippen molar-refractivity contribution in [2.24, 2.45) is 5.73 Å². The van der Waals surface area contributed by atoms with Crippen molar-refractivity contribution < 1.29 is 9.90 Å². The van der Waals surface area contributed by atoms with Crippen molar-refractivity contribution in [3.63, 3.8) is 0 Å². The van der Waals surface area contributed by atoms with E-state index in [1.807, 2.05) is 19.0 Å². The van der Waals surface area contributed by atoms with Crippen LogP contribution in [0, 0.1) is 0 Å². The van der Waals surface area contributed by atoms with E-state index in [0.717, 1.165) is 6.54 Å². The Morgan fingerprint density at radius 2 is 2.18 bits per heavy atom. The topological polar surface area (TPSA) is 66.6 Å². The van der Waals surface area contributed by atoms with Gasteiger partial charge in [-0.05, 0) is 27.1 Å². The van der Waals surface area contributed by atoms with Crippen molar-refractivity contribution >= 4 is 5.91 Å². The molecule has 0 aliphatic heterocycles. The molecule has 0 saturated carbocycles. The van der Waals surface area contributed by atoms with Crippen LogP contribution < -0.4 is 5.73 Å². The first-order valence-electron chi connectivity index (χ1n) is 3.63. The fraction of sp³-hybridized carbons (Fsp3) is 0.857. The summed E-state index contributed by atoms with van der Waals surface area (Å²) in [7, 11) is 3.83. The summed E-state index contributed by atoms with van der Waals surface area (Å²) in [5.74, 6) is -0.448. The lowest BCUT2D eigenvalue weighted by atomic mass is 10.2. The molecule has 0 spiro atoms. The standard InChI is InChI=1S/C7H16N2O2/c1-9(2)4-3-6(10)5-7(8)11/h6,10H,3-5H2,1-2H3,(H2,8,11). The first kappa shape index (κ1) is 10.4. The summed E-state index contributed by atoms with van der Waals surface area (Å²) in [5, 5.41) is 9.14. The van der Waals surface area contributed by atoms with Crippen LogP contribution in [0.3, 0.4) is 0 Å². The van der Waals surface area contributed by atoms with E-state index in [9.17, 15) is 4.79 Å². The molecule has 0 aromatic carbocycles. The zero-order chi connectivity index (χ0) is 8.85. The molecular formula is C7H16N2O2. The molecule has 1 amide bonds. The van der Waals surface area contributed by atoms with Crippen LogP contribution >= 0.6 is 0 Å². The minimum Gasteiger partial charge on any atom is -0.393 e. The van der Waals surface area contributed by atoms with Crippen LogP contribution in [-0.4, -0.2) is 42.7 Å². The number of nitrogens with two attached hydrogens (primary N) is 1. The zero-order valence-electron chi connectivity index (χ0n) is 7.08. The number of hydrogen-bond donors (Lipinski definition) is 2. The van der Waals surface area contributed by atoms with E-state index in [-0.39, 0.29) is 6.42 Å². The van der Waals surface area contributed by atoms with Gasteiger partial charge in [-0.3, -0.25) is 4.79 Å². The second kappa shape index (κ2) is 5.09. The van der Waals surface area contributed by atoms with E-state index in [0.29, 0.717) is 6.42 Å². The number of carbonyl (C=O) groups excluding carboxylic acids is 1. The van der Waals surface area contributed by atoms with Gasteiger partial charge in [0.15, 0.2) is 0 Å². The molecule has 3 N–H and O–H groups in total. The highest BCUT2D eigenvalue weighted by molar-refractivity contribution is 5.74. The van der Waals surface area contributed by atoms with Gasteiger partial charge in [-0.25, -0.2) is 0 Å². The van der Waals surface area contributed by atoms with E-state index in [1.54, 1.807) is 0 Å². The SMILES string of the molecule is CN(C)CCC(O)CC(N)=O. The third-order valence-corrected chi connectivity index (χ3v) is 1.35. The van der Waals surface area contributed by atoms with Gasteiger partial charge in [-0.2, -0.15) is 0 Å². The molecule has 0 rings (SSSR count). The molecular weight excluding hydrogens is 144 g/mol. The molecule has 0 fully saturated rings. The van der Waals surface area contributed by atoms with Gasteiger partial charge >= 0.3 is 0 Å². The van der Waals surface area contributed by atoms with E-state index >= 15 is 0 Å².